The van der Waals surface area contributed by atoms with E-state index >= 15 is 0 Å². The summed E-state index contributed by atoms with van der Waals surface area (Å²) in [6.07, 6.45) is 1.54. The Morgan fingerprint density at radius 3 is 2.71 bits per heavy atom. The van der Waals surface area contributed by atoms with Crippen molar-refractivity contribution in [3.63, 3.8) is 0 Å². The summed E-state index contributed by atoms with van der Waals surface area (Å²) < 4.78 is 5.88. The lowest BCUT2D eigenvalue weighted by Crippen LogP contribution is -2.00. The maximum Gasteiger partial charge on any atom is 0.123 e. The number of nitrogens with zero attached hydrogens (tertiary/aromatic N) is 1. The van der Waals surface area contributed by atoms with Crippen molar-refractivity contribution in [3.8, 4) is 5.75 Å². The fraction of sp³-hybridized carbons (Fsp3) is 0.188. The molecule has 2 aromatic carbocycles. The first kappa shape index (κ1) is 14.2. The highest BCUT2D eigenvalue weighted by atomic mass is 35.5. The molecule has 0 heterocycles. The van der Waals surface area contributed by atoms with Crippen LogP contribution in [0.1, 0.15) is 23.1 Å². The van der Waals surface area contributed by atoms with E-state index in [1.165, 1.54) is 0 Å². The van der Waals surface area contributed by atoms with Crippen LogP contribution in [0.15, 0.2) is 41.6 Å². The Labute approximate surface area is 132 Å². The van der Waals surface area contributed by atoms with Gasteiger partial charge in [0.2, 0.25) is 0 Å². The minimum absolute atomic E-state index is 0.349. The summed E-state index contributed by atoms with van der Waals surface area (Å²) in [4.78, 5) is 0. The predicted octanol–water partition coefficient (Wildman–Crippen LogP) is 4.70. The molecule has 21 heavy (non-hydrogen) atoms. The molecule has 3 rings (SSSR count). The Hall–Kier alpha value is -1.71. The Bertz CT molecular complexity index is 713. The average Bonchev–Trinajstić information content (AvgIpc) is 2.92. The smallest absolute Gasteiger partial charge is 0.123 e. The van der Waals surface area contributed by atoms with E-state index in [1.807, 2.05) is 30.3 Å². The van der Waals surface area contributed by atoms with Crippen molar-refractivity contribution in [2.75, 3.05) is 0 Å². The van der Waals surface area contributed by atoms with Gasteiger partial charge in [-0.05, 0) is 25.0 Å². The first-order valence-corrected chi connectivity index (χ1v) is 7.35. The number of rotatable bonds is 3. The van der Waals surface area contributed by atoms with Gasteiger partial charge in [-0.1, -0.05) is 52.6 Å². The fourth-order valence-corrected chi connectivity index (χ4v) is 2.90. The molecule has 0 aromatic heterocycles. The van der Waals surface area contributed by atoms with Crippen LogP contribution in [0.25, 0.3) is 0 Å². The van der Waals surface area contributed by atoms with Crippen molar-refractivity contribution in [3.05, 3.63) is 63.1 Å². The van der Waals surface area contributed by atoms with Crippen LogP contribution in [0.3, 0.4) is 0 Å². The van der Waals surface area contributed by atoms with Crippen molar-refractivity contribution < 1.29 is 9.94 Å². The third kappa shape index (κ3) is 2.71. The van der Waals surface area contributed by atoms with Crippen molar-refractivity contribution in [1.29, 1.82) is 0 Å². The predicted molar refractivity (Wildman–Crippen MR) is 83.9 cm³/mol. The molecule has 0 unspecified atom stereocenters. The molecule has 3 nitrogen and oxygen atoms in total. The number of halogens is 2. The van der Waals surface area contributed by atoms with Gasteiger partial charge in [0.1, 0.15) is 12.4 Å². The van der Waals surface area contributed by atoms with E-state index in [0.717, 1.165) is 35.3 Å². The molecular weight excluding hydrogens is 309 g/mol. The number of oxime groups is 1. The van der Waals surface area contributed by atoms with E-state index in [0.29, 0.717) is 22.4 Å². The van der Waals surface area contributed by atoms with Gasteiger partial charge >= 0.3 is 0 Å². The van der Waals surface area contributed by atoms with Gasteiger partial charge in [0.15, 0.2) is 0 Å². The number of fused-ring (bicyclic) bond motifs is 1. The van der Waals surface area contributed by atoms with Gasteiger partial charge < -0.3 is 9.94 Å². The molecule has 1 N–H and O–H groups in total. The monoisotopic (exact) mass is 321 g/mol. The van der Waals surface area contributed by atoms with Crippen LogP contribution in [0.4, 0.5) is 0 Å². The number of benzene rings is 2. The second-order valence-corrected chi connectivity index (χ2v) is 5.62. The Balaban J connectivity index is 1.84. The number of hydrogen-bond acceptors (Lipinski definition) is 3. The third-order valence-corrected chi connectivity index (χ3v) is 4.45. The summed E-state index contributed by atoms with van der Waals surface area (Å²) in [6.45, 7) is 0.349. The first-order chi connectivity index (χ1) is 10.2. The van der Waals surface area contributed by atoms with Gasteiger partial charge in [0, 0.05) is 16.7 Å². The molecule has 0 saturated carbocycles. The average molecular weight is 322 g/mol. The Kier molecular flexibility index (Phi) is 4.04. The normalized spacial score (nSPS) is 15.2. The lowest BCUT2D eigenvalue weighted by molar-refractivity contribution is 0.303. The molecule has 108 valence electrons. The second kappa shape index (κ2) is 5.96. The van der Waals surface area contributed by atoms with Crippen molar-refractivity contribution in [2.45, 2.75) is 19.4 Å². The van der Waals surface area contributed by atoms with Crippen LogP contribution in [0.5, 0.6) is 5.75 Å². The van der Waals surface area contributed by atoms with Gasteiger partial charge in [-0.2, -0.15) is 0 Å². The van der Waals surface area contributed by atoms with E-state index in [9.17, 15) is 0 Å². The van der Waals surface area contributed by atoms with E-state index in [1.54, 1.807) is 6.07 Å². The van der Waals surface area contributed by atoms with Crippen molar-refractivity contribution >= 4 is 28.9 Å². The maximum atomic E-state index is 8.99. The molecule has 0 saturated heterocycles. The summed E-state index contributed by atoms with van der Waals surface area (Å²) in [6, 6.07) is 11.2. The third-order valence-electron chi connectivity index (χ3n) is 3.59. The van der Waals surface area contributed by atoms with Gasteiger partial charge in [0.05, 0.1) is 15.8 Å². The molecule has 0 bridgehead atoms. The molecule has 0 fully saturated rings. The highest BCUT2D eigenvalue weighted by molar-refractivity contribution is 6.42. The molecule has 1 aliphatic carbocycles. The molecule has 5 heteroatoms. The van der Waals surface area contributed by atoms with Crippen LogP contribution < -0.4 is 4.74 Å². The molecular formula is C16H13Cl2NO2. The van der Waals surface area contributed by atoms with Gasteiger partial charge in [-0.25, -0.2) is 0 Å². The van der Waals surface area contributed by atoms with Crippen LogP contribution in [0.2, 0.25) is 10.0 Å². The SMILES string of the molecule is O/N=C1/CCc2c(OCc3cccc(Cl)c3Cl)cccc21. The molecule has 0 radical (unpaired) electrons. The molecule has 2 aromatic rings. The maximum absolute atomic E-state index is 8.99. The van der Waals surface area contributed by atoms with E-state index in [2.05, 4.69) is 5.16 Å². The largest absolute Gasteiger partial charge is 0.489 e. The number of ether oxygens (including phenoxy) is 1. The van der Waals surface area contributed by atoms with Gasteiger partial charge in [0.25, 0.3) is 0 Å². The zero-order valence-corrected chi connectivity index (χ0v) is 12.7. The molecule has 1 aliphatic rings. The van der Waals surface area contributed by atoms with Crippen LogP contribution in [0, 0.1) is 0 Å². The zero-order valence-electron chi connectivity index (χ0n) is 11.1. The zero-order chi connectivity index (χ0) is 14.8. The topological polar surface area (TPSA) is 41.8 Å². The van der Waals surface area contributed by atoms with E-state index in [-0.39, 0.29) is 0 Å². The minimum atomic E-state index is 0.349. The summed E-state index contributed by atoms with van der Waals surface area (Å²) in [5, 5.41) is 13.4. The van der Waals surface area contributed by atoms with Crippen molar-refractivity contribution in [1.82, 2.24) is 0 Å². The highest BCUT2D eigenvalue weighted by Crippen LogP contribution is 2.32. The Morgan fingerprint density at radius 2 is 1.90 bits per heavy atom. The molecule has 0 amide bonds. The van der Waals surface area contributed by atoms with E-state index < -0.39 is 0 Å². The van der Waals surface area contributed by atoms with Gasteiger partial charge in [-0.15, -0.1) is 0 Å². The molecule has 0 spiro atoms. The fourth-order valence-electron chi connectivity index (χ4n) is 2.53. The van der Waals surface area contributed by atoms with Crippen LogP contribution in [-0.4, -0.2) is 10.9 Å². The summed E-state index contributed by atoms with van der Waals surface area (Å²) in [7, 11) is 0. The molecule has 0 atom stereocenters. The summed E-state index contributed by atoms with van der Waals surface area (Å²) in [5.41, 5.74) is 3.57. The summed E-state index contributed by atoms with van der Waals surface area (Å²) in [5.74, 6) is 0.794. The van der Waals surface area contributed by atoms with Gasteiger partial charge in [-0.3, -0.25) is 0 Å². The summed E-state index contributed by atoms with van der Waals surface area (Å²) >= 11 is 12.2. The highest BCUT2D eigenvalue weighted by Gasteiger charge is 2.21. The Morgan fingerprint density at radius 1 is 1.10 bits per heavy atom. The minimum Gasteiger partial charge on any atom is -0.489 e. The standard InChI is InChI=1S/C16H13Cl2NO2/c17-13-5-1-3-10(16(13)18)9-21-15-6-2-4-11-12(15)7-8-14(11)19-20/h1-6,20H,7-9H2/b19-14-. The lowest BCUT2D eigenvalue weighted by Gasteiger charge is -2.12. The van der Waals surface area contributed by atoms with Crippen LogP contribution in [-0.2, 0) is 13.0 Å². The van der Waals surface area contributed by atoms with Crippen LogP contribution >= 0.6 is 23.2 Å². The van der Waals surface area contributed by atoms with E-state index in [4.69, 9.17) is 33.1 Å². The quantitative estimate of drug-likeness (QED) is 0.657. The lowest BCUT2D eigenvalue weighted by atomic mass is 10.1. The number of hydrogen-bond donors (Lipinski definition) is 1. The first-order valence-electron chi connectivity index (χ1n) is 6.59. The molecule has 0 aliphatic heterocycles. The van der Waals surface area contributed by atoms with Crippen molar-refractivity contribution in [2.24, 2.45) is 5.16 Å². The second-order valence-electron chi connectivity index (χ2n) is 4.83.